The number of nitrogens with zero attached hydrogens (tertiary/aromatic N) is 4. The Kier molecular flexibility index (Phi) is 10.4. The maximum absolute atomic E-state index is 14.4. The quantitative estimate of drug-likeness (QED) is 0.253. The lowest BCUT2D eigenvalue weighted by Crippen LogP contribution is -2.29. The van der Waals surface area contributed by atoms with Crippen LogP contribution < -0.4 is 10.2 Å². The Hall–Kier alpha value is -3.29. The maximum Gasteiger partial charge on any atom is 0.397 e. The van der Waals surface area contributed by atoms with Crippen LogP contribution in [-0.4, -0.2) is 74.0 Å². The van der Waals surface area contributed by atoms with Gasteiger partial charge in [0.25, 0.3) is 10.1 Å². The Labute approximate surface area is 225 Å². The molecule has 0 aliphatic rings. The summed E-state index contributed by atoms with van der Waals surface area (Å²) in [6.45, 7) is 0.367. The first kappa shape index (κ1) is 31.9. The molecule has 0 saturated heterocycles. The van der Waals surface area contributed by atoms with Gasteiger partial charge in [0.2, 0.25) is 11.9 Å². The summed E-state index contributed by atoms with van der Waals surface area (Å²) >= 11 is 0. The van der Waals surface area contributed by atoms with E-state index in [0.29, 0.717) is 5.69 Å². The van der Waals surface area contributed by atoms with E-state index in [2.05, 4.69) is 24.5 Å². The number of para-hydroxylation sites is 1. The second-order valence-corrected chi connectivity index (χ2v) is 12.5. The largest absolute Gasteiger partial charge is 0.397 e. The van der Waals surface area contributed by atoms with Gasteiger partial charge in [0.15, 0.2) is 9.84 Å². The minimum atomic E-state index is -4.80. The van der Waals surface area contributed by atoms with Gasteiger partial charge in [-0.2, -0.15) is 36.2 Å². The molecular formula is C21H26FN5O9S3. The molecule has 2 aromatic carbocycles. The molecule has 0 unspecified atom stereocenters. The van der Waals surface area contributed by atoms with Crippen molar-refractivity contribution in [1.82, 2.24) is 15.0 Å². The first-order valence-electron chi connectivity index (χ1n) is 10.5. The molecule has 39 heavy (non-hydrogen) atoms. The fourth-order valence-electron chi connectivity index (χ4n) is 3.21. The van der Waals surface area contributed by atoms with Gasteiger partial charge in [-0.3, -0.25) is 9.11 Å². The third-order valence-electron chi connectivity index (χ3n) is 4.87. The van der Waals surface area contributed by atoms with E-state index in [1.165, 1.54) is 24.0 Å². The Morgan fingerprint density at radius 2 is 1.62 bits per heavy atom. The van der Waals surface area contributed by atoms with Crippen molar-refractivity contribution in [3.8, 4) is 0 Å². The van der Waals surface area contributed by atoms with Crippen LogP contribution in [0.2, 0.25) is 0 Å². The maximum atomic E-state index is 14.4. The number of sulfone groups is 1. The number of anilines is 4. The molecule has 3 rings (SSSR count). The van der Waals surface area contributed by atoms with Gasteiger partial charge in [-0.1, -0.05) is 25.6 Å². The van der Waals surface area contributed by atoms with Crippen LogP contribution in [0.3, 0.4) is 0 Å². The van der Waals surface area contributed by atoms with Crippen molar-refractivity contribution in [1.29, 1.82) is 0 Å². The number of aryl methyl sites for hydroxylation is 1. The first-order valence-corrected chi connectivity index (χ1v) is 15.2. The predicted molar refractivity (Wildman–Crippen MR) is 140 cm³/mol. The first-order chi connectivity index (χ1) is 17.6. The second-order valence-electron chi connectivity index (χ2n) is 7.70. The molecule has 0 saturated carbocycles. The number of hydrogen-bond donors (Lipinski definition) is 3. The highest BCUT2D eigenvalue weighted by atomic mass is 32.3. The van der Waals surface area contributed by atoms with E-state index in [0.717, 1.165) is 6.07 Å². The minimum absolute atomic E-state index is 0. The van der Waals surface area contributed by atoms with Crippen LogP contribution in [0.15, 0.2) is 53.4 Å². The third kappa shape index (κ3) is 9.75. The lowest BCUT2D eigenvalue weighted by atomic mass is 10.2. The zero-order valence-electron chi connectivity index (χ0n) is 19.6. The molecule has 0 aliphatic carbocycles. The van der Waals surface area contributed by atoms with E-state index in [1.807, 2.05) is 0 Å². The Balaban J connectivity index is 0.00000533. The van der Waals surface area contributed by atoms with Crippen LogP contribution in [0.4, 0.5) is 27.7 Å². The number of rotatable bonds is 12. The van der Waals surface area contributed by atoms with E-state index >= 15 is 0 Å². The topological polar surface area (TPSA) is 206 Å². The zero-order valence-corrected chi connectivity index (χ0v) is 22.0. The van der Waals surface area contributed by atoms with Crippen molar-refractivity contribution in [2.45, 2.75) is 19.2 Å². The van der Waals surface area contributed by atoms with Crippen LogP contribution in [-0.2, 0) is 34.5 Å². The number of hydrogen-bond acceptors (Lipinski definition) is 12. The summed E-state index contributed by atoms with van der Waals surface area (Å²) in [5.74, 6) is -1.80. The normalized spacial score (nSPS) is 12.0. The Morgan fingerprint density at radius 3 is 2.21 bits per heavy atom. The smallest absolute Gasteiger partial charge is 0.324 e. The third-order valence-corrected chi connectivity index (χ3v) is 7.94. The van der Waals surface area contributed by atoms with E-state index in [4.69, 9.17) is 4.55 Å². The molecule has 0 atom stereocenters. The average Bonchev–Trinajstić information content (AvgIpc) is 2.77. The zero-order chi connectivity index (χ0) is 28.1. The summed E-state index contributed by atoms with van der Waals surface area (Å²) in [7, 11) is -13.1. The summed E-state index contributed by atoms with van der Waals surface area (Å²) in [4.78, 5) is 12.4. The monoisotopic (exact) mass is 607 g/mol. The van der Waals surface area contributed by atoms with Gasteiger partial charge in [0, 0.05) is 17.9 Å². The van der Waals surface area contributed by atoms with Crippen molar-refractivity contribution in [3.63, 3.8) is 0 Å². The molecule has 3 N–H and O–H groups in total. The van der Waals surface area contributed by atoms with Gasteiger partial charge in [-0.25, -0.2) is 12.6 Å². The highest BCUT2D eigenvalue weighted by Gasteiger charge is 2.21. The van der Waals surface area contributed by atoms with E-state index in [1.54, 1.807) is 30.3 Å². The van der Waals surface area contributed by atoms with Crippen LogP contribution in [0, 0.1) is 13.0 Å². The molecule has 1 heterocycles. The summed E-state index contributed by atoms with van der Waals surface area (Å²) in [6.07, 6.45) is -1.20. The predicted octanol–water partition coefficient (Wildman–Crippen LogP) is 2.32. The molecule has 3 aromatic rings. The number of benzene rings is 2. The van der Waals surface area contributed by atoms with Crippen molar-refractivity contribution in [2.75, 3.05) is 34.9 Å². The molecule has 214 valence electrons. The van der Waals surface area contributed by atoms with Gasteiger partial charge in [-0.05, 0) is 42.8 Å². The molecule has 0 radical (unpaired) electrons. The van der Waals surface area contributed by atoms with Crippen LogP contribution in [0.1, 0.15) is 13.0 Å². The lowest BCUT2D eigenvalue weighted by Gasteiger charge is -2.23. The Morgan fingerprint density at radius 1 is 0.949 bits per heavy atom. The highest BCUT2D eigenvalue weighted by molar-refractivity contribution is 7.91. The van der Waals surface area contributed by atoms with Gasteiger partial charge < -0.3 is 10.2 Å². The molecule has 0 amide bonds. The summed E-state index contributed by atoms with van der Waals surface area (Å²) < 4.78 is 105. The summed E-state index contributed by atoms with van der Waals surface area (Å²) in [5, 5.41) is 2.70. The second kappa shape index (κ2) is 12.7. The van der Waals surface area contributed by atoms with Crippen molar-refractivity contribution in [3.05, 3.63) is 60.2 Å². The highest BCUT2D eigenvalue weighted by Crippen LogP contribution is 2.25. The van der Waals surface area contributed by atoms with Crippen molar-refractivity contribution in [2.24, 2.45) is 0 Å². The number of halogens is 1. The fraction of sp³-hybridized carbons (Fsp3) is 0.286. The Bertz CT molecular complexity index is 1620. The molecular weight excluding hydrogens is 581 g/mol. The van der Waals surface area contributed by atoms with E-state index in [9.17, 15) is 34.2 Å². The molecule has 0 bridgehead atoms. The van der Waals surface area contributed by atoms with Gasteiger partial charge in [0.05, 0.1) is 23.0 Å². The molecule has 0 spiro atoms. The number of aromatic nitrogens is 3. The number of nitrogens with one attached hydrogen (secondary N) is 1. The summed E-state index contributed by atoms with van der Waals surface area (Å²) in [6, 6.07) is 12.0. The van der Waals surface area contributed by atoms with Gasteiger partial charge >= 0.3 is 16.5 Å². The van der Waals surface area contributed by atoms with E-state index in [-0.39, 0.29) is 42.0 Å². The van der Waals surface area contributed by atoms with Gasteiger partial charge in [0.1, 0.15) is 0 Å². The van der Waals surface area contributed by atoms with Crippen molar-refractivity contribution >= 4 is 53.6 Å². The molecule has 14 nitrogen and oxygen atoms in total. The SMILES string of the molecule is C.Cc1cc(Nc2nc(F)nc(N(CCS(=O)(=O)CCOS(=O)(=O)O)c3ccccc3)n2)ccc1S(=O)(=O)O. The van der Waals surface area contributed by atoms with Crippen LogP contribution >= 0.6 is 0 Å². The van der Waals surface area contributed by atoms with Gasteiger partial charge in [-0.15, -0.1) is 0 Å². The molecule has 0 fully saturated rings. The minimum Gasteiger partial charge on any atom is -0.324 e. The summed E-state index contributed by atoms with van der Waals surface area (Å²) in [5.41, 5.74) is 0.863. The van der Waals surface area contributed by atoms with Crippen LogP contribution in [0.25, 0.3) is 0 Å². The lowest BCUT2D eigenvalue weighted by molar-refractivity contribution is 0.284. The average molecular weight is 608 g/mol. The standard InChI is InChI=1S/C20H22FN5O9S3.CH4/c1-14-13-15(7-8-17(14)37(29,30)31)22-19-23-18(21)24-20(25-19)26(16-5-3-2-4-6-16)9-11-36(27,28)12-10-35-38(32,33)34;/h2-8,13H,9-12H2,1H3,(H,29,30,31)(H,32,33,34)(H,22,23,24,25);1H4. The van der Waals surface area contributed by atoms with Crippen molar-refractivity contribution < 1.29 is 42.9 Å². The fourth-order valence-corrected chi connectivity index (χ4v) is 5.32. The molecule has 18 heteroatoms. The molecule has 0 aliphatic heterocycles. The molecule has 1 aromatic heterocycles. The van der Waals surface area contributed by atoms with E-state index < -0.39 is 54.5 Å². The van der Waals surface area contributed by atoms with Crippen LogP contribution in [0.5, 0.6) is 0 Å².